The van der Waals surface area contributed by atoms with Gasteiger partial charge < -0.3 is 14.4 Å². The minimum Gasteiger partial charge on any atom is -0.497 e. The van der Waals surface area contributed by atoms with E-state index in [1.807, 2.05) is 48.5 Å². The summed E-state index contributed by atoms with van der Waals surface area (Å²) < 4.78 is 11.0. The Bertz CT molecular complexity index is 1340. The van der Waals surface area contributed by atoms with Crippen molar-refractivity contribution in [1.29, 1.82) is 0 Å². The Morgan fingerprint density at radius 1 is 0.882 bits per heavy atom. The number of ether oxygens (including phenoxy) is 2. The molecule has 4 aromatic rings. The smallest absolute Gasteiger partial charge is 0.129 e. The SMILES string of the molecule is COc1cc(OC)cc(N(CC#C[Si](C)(C)C)c2ccc3ncc(-c4cccnc4)nc3c2)c1. The molecule has 0 aliphatic carbocycles. The highest BCUT2D eigenvalue weighted by Crippen LogP contribution is 2.34. The number of anilines is 2. The van der Waals surface area contributed by atoms with Crippen LogP contribution in [0.5, 0.6) is 11.5 Å². The van der Waals surface area contributed by atoms with Gasteiger partial charge in [-0.2, -0.15) is 0 Å². The maximum Gasteiger partial charge on any atom is 0.129 e. The Kier molecular flexibility index (Phi) is 6.80. The summed E-state index contributed by atoms with van der Waals surface area (Å²) in [6, 6.07) is 15.8. The Morgan fingerprint density at radius 3 is 2.29 bits per heavy atom. The topological polar surface area (TPSA) is 60.4 Å². The number of aromatic nitrogens is 3. The second kappa shape index (κ2) is 9.94. The molecule has 0 atom stereocenters. The van der Waals surface area contributed by atoms with Crippen LogP contribution in [-0.4, -0.2) is 43.8 Å². The highest BCUT2D eigenvalue weighted by Gasteiger charge is 2.14. The zero-order valence-corrected chi connectivity index (χ0v) is 21.2. The van der Waals surface area contributed by atoms with Crippen LogP contribution in [0, 0.1) is 11.5 Å². The minimum absolute atomic E-state index is 0.530. The zero-order chi connectivity index (χ0) is 24.1. The average molecular weight is 469 g/mol. The molecular formula is C27H28N4O2Si. The second-order valence-electron chi connectivity index (χ2n) is 8.88. The summed E-state index contributed by atoms with van der Waals surface area (Å²) in [6.07, 6.45) is 5.32. The van der Waals surface area contributed by atoms with Crippen LogP contribution in [0.3, 0.4) is 0 Å². The number of nitrogens with zero attached hydrogens (tertiary/aromatic N) is 4. The quantitative estimate of drug-likeness (QED) is 0.266. The summed E-state index contributed by atoms with van der Waals surface area (Å²) in [4.78, 5) is 15.8. The molecule has 2 aromatic heterocycles. The average Bonchev–Trinajstić information content (AvgIpc) is 2.85. The lowest BCUT2D eigenvalue weighted by Crippen LogP contribution is -2.20. The first kappa shape index (κ1) is 23.3. The maximum absolute atomic E-state index is 5.51. The minimum atomic E-state index is -1.52. The number of methoxy groups -OCH3 is 2. The molecule has 172 valence electrons. The molecule has 6 nitrogen and oxygen atoms in total. The van der Waals surface area contributed by atoms with Crippen LogP contribution in [-0.2, 0) is 0 Å². The van der Waals surface area contributed by atoms with E-state index in [0.717, 1.165) is 45.2 Å². The van der Waals surface area contributed by atoms with Gasteiger partial charge in [-0.1, -0.05) is 25.6 Å². The van der Waals surface area contributed by atoms with Gasteiger partial charge in [-0.05, 0) is 30.3 Å². The Labute approximate surface area is 201 Å². The van der Waals surface area contributed by atoms with Crippen molar-refractivity contribution in [2.24, 2.45) is 0 Å². The molecule has 4 rings (SSSR count). The largest absolute Gasteiger partial charge is 0.497 e. The first-order chi connectivity index (χ1) is 16.4. The number of hydrogen-bond donors (Lipinski definition) is 0. The van der Waals surface area contributed by atoms with Crippen molar-refractivity contribution in [1.82, 2.24) is 15.0 Å². The number of fused-ring (bicyclic) bond motifs is 1. The monoisotopic (exact) mass is 468 g/mol. The molecule has 0 radical (unpaired) electrons. The summed E-state index contributed by atoms with van der Waals surface area (Å²) in [6.45, 7) is 7.25. The lowest BCUT2D eigenvalue weighted by molar-refractivity contribution is 0.394. The third-order valence-electron chi connectivity index (χ3n) is 5.14. The molecule has 0 amide bonds. The maximum atomic E-state index is 5.51. The normalized spacial score (nSPS) is 11.0. The van der Waals surface area contributed by atoms with Crippen LogP contribution in [0.15, 0.2) is 67.1 Å². The predicted octanol–water partition coefficient (Wildman–Crippen LogP) is 5.73. The summed E-state index contributed by atoms with van der Waals surface area (Å²) in [5.74, 6) is 4.83. The third-order valence-corrected chi connectivity index (χ3v) is 6.07. The highest BCUT2D eigenvalue weighted by atomic mass is 28.3. The van der Waals surface area contributed by atoms with Gasteiger partial charge >= 0.3 is 0 Å². The molecule has 0 saturated heterocycles. The van der Waals surface area contributed by atoms with E-state index < -0.39 is 8.07 Å². The van der Waals surface area contributed by atoms with Crippen molar-refractivity contribution in [3.05, 3.63) is 67.1 Å². The molecule has 2 heterocycles. The Balaban J connectivity index is 1.81. The summed E-state index contributed by atoms with van der Waals surface area (Å²) in [5, 5.41) is 0. The van der Waals surface area contributed by atoms with E-state index in [1.54, 1.807) is 32.8 Å². The van der Waals surface area contributed by atoms with Crippen LogP contribution in [0.25, 0.3) is 22.3 Å². The van der Waals surface area contributed by atoms with Crippen molar-refractivity contribution in [2.75, 3.05) is 25.7 Å². The molecule has 0 bridgehead atoms. The molecule has 0 aliphatic rings. The molecule has 0 saturated carbocycles. The van der Waals surface area contributed by atoms with Gasteiger partial charge in [0.25, 0.3) is 0 Å². The summed E-state index contributed by atoms with van der Waals surface area (Å²) in [7, 11) is 1.79. The number of pyridine rings is 1. The van der Waals surface area contributed by atoms with E-state index in [9.17, 15) is 0 Å². The van der Waals surface area contributed by atoms with Gasteiger partial charge in [0.2, 0.25) is 0 Å². The first-order valence-corrected chi connectivity index (χ1v) is 14.5. The number of benzene rings is 2. The first-order valence-electron chi connectivity index (χ1n) is 11.0. The zero-order valence-electron chi connectivity index (χ0n) is 20.2. The number of rotatable bonds is 6. The van der Waals surface area contributed by atoms with Gasteiger partial charge in [0.05, 0.1) is 43.7 Å². The standard InChI is InChI=1S/C27H28N4O2Si/c1-32-23-14-22(15-24(17-23)33-2)31(12-7-13-34(3,4)5)21-9-10-25-26(16-21)30-27(19-29-25)20-8-6-11-28-18-20/h6,8-11,14-19H,12H2,1-5H3. The molecule has 0 N–H and O–H groups in total. The van der Waals surface area contributed by atoms with Gasteiger partial charge in [0.15, 0.2) is 0 Å². The van der Waals surface area contributed by atoms with Crippen LogP contribution < -0.4 is 14.4 Å². The van der Waals surface area contributed by atoms with E-state index in [0.29, 0.717) is 6.54 Å². The van der Waals surface area contributed by atoms with E-state index >= 15 is 0 Å². The van der Waals surface area contributed by atoms with Crippen molar-refractivity contribution in [3.63, 3.8) is 0 Å². The fourth-order valence-corrected chi connectivity index (χ4v) is 4.09. The van der Waals surface area contributed by atoms with Crippen LogP contribution in [0.4, 0.5) is 11.4 Å². The van der Waals surface area contributed by atoms with Gasteiger partial charge in [-0.25, -0.2) is 4.98 Å². The second-order valence-corrected chi connectivity index (χ2v) is 13.6. The molecule has 0 unspecified atom stereocenters. The third kappa shape index (κ3) is 5.53. The van der Waals surface area contributed by atoms with Crippen LogP contribution >= 0.6 is 0 Å². The molecule has 0 fully saturated rings. The summed E-state index contributed by atoms with van der Waals surface area (Å²) in [5.41, 5.74) is 8.70. The van der Waals surface area contributed by atoms with Crippen molar-refractivity contribution in [3.8, 4) is 34.2 Å². The predicted molar refractivity (Wildman–Crippen MR) is 140 cm³/mol. The Hall–Kier alpha value is -3.89. The molecule has 7 heteroatoms. The van der Waals surface area contributed by atoms with Gasteiger partial charge in [0.1, 0.15) is 19.6 Å². The number of hydrogen-bond acceptors (Lipinski definition) is 6. The van der Waals surface area contributed by atoms with Gasteiger partial charge in [0, 0.05) is 47.5 Å². The lowest BCUT2D eigenvalue weighted by Gasteiger charge is -2.24. The fourth-order valence-electron chi connectivity index (χ4n) is 3.48. The highest BCUT2D eigenvalue weighted by molar-refractivity contribution is 6.83. The Morgan fingerprint density at radius 2 is 1.65 bits per heavy atom. The molecule has 34 heavy (non-hydrogen) atoms. The van der Waals surface area contributed by atoms with E-state index in [-0.39, 0.29) is 0 Å². The van der Waals surface area contributed by atoms with Gasteiger partial charge in [-0.3, -0.25) is 9.97 Å². The van der Waals surface area contributed by atoms with E-state index in [4.69, 9.17) is 14.5 Å². The lowest BCUT2D eigenvalue weighted by atomic mass is 10.2. The molecule has 0 aliphatic heterocycles. The molecular weight excluding hydrogens is 440 g/mol. The van der Waals surface area contributed by atoms with Crippen LogP contribution in [0.2, 0.25) is 19.6 Å². The van der Waals surface area contributed by atoms with E-state index in [2.05, 4.69) is 46.0 Å². The van der Waals surface area contributed by atoms with Crippen molar-refractivity contribution >= 4 is 30.5 Å². The molecule has 2 aromatic carbocycles. The van der Waals surface area contributed by atoms with Crippen molar-refractivity contribution in [2.45, 2.75) is 19.6 Å². The van der Waals surface area contributed by atoms with Crippen LogP contribution in [0.1, 0.15) is 0 Å². The summed E-state index contributed by atoms with van der Waals surface area (Å²) >= 11 is 0. The molecule has 0 spiro atoms. The van der Waals surface area contributed by atoms with Crippen molar-refractivity contribution < 1.29 is 9.47 Å². The fraction of sp³-hybridized carbons (Fsp3) is 0.222. The van der Waals surface area contributed by atoms with Gasteiger partial charge in [-0.15, -0.1) is 5.54 Å². The van der Waals surface area contributed by atoms with E-state index in [1.165, 1.54) is 0 Å².